The monoisotopic (exact) mass is 250 g/mol. The average Bonchev–Trinajstić information content (AvgIpc) is 2.87. The predicted octanol–water partition coefficient (Wildman–Crippen LogP) is 0.843. The maximum absolute atomic E-state index is 11.6. The molecule has 18 heavy (non-hydrogen) atoms. The summed E-state index contributed by atoms with van der Waals surface area (Å²) < 4.78 is 5.61. The number of carbonyl (C=O) groups is 1. The van der Waals surface area contributed by atoms with Gasteiger partial charge in [-0.1, -0.05) is 13.5 Å². The maximum atomic E-state index is 11.6. The van der Waals surface area contributed by atoms with Gasteiger partial charge >= 0.3 is 0 Å². The molecular weight excluding hydrogens is 232 g/mol. The summed E-state index contributed by atoms with van der Waals surface area (Å²) in [6.07, 6.45) is 2.96. The van der Waals surface area contributed by atoms with Gasteiger partial charge in [-0.05, 0) is 12.5 Å². The van der Waals surface area contributed by atoms with Gasteiger partial charge in [0.15, 0.2) is 5.82 Å². The molecule has 6 nitrogen and oxygen atoms in total. The number of morpholine rings is 1. The minimum atomic E-state index is -0.246. The number of hydrogen-bond acceptors (Lipinski definition) is 4. The molecule has 1 atom stereocenters. The van der Waals surface area contributed by atoms with Gasteiger partial charge in [0.25, 0.3) is 0 Å². The first-order valence-corrected chi connectivity index (χ1v) is 6.18. The van der Waals surface area contributed by atoms with Crippen LogP contribution < -0.4 is 0 Å². The highest BCUT2D eigenvalue weighted by atomic mass is 16.5. The van der Waals surface area contributed by atoms with Crippen LogP contribution in [-0.2, 0) is 16.0 Å². The number of amides is 1. The van der Waals surface area contributed by atoms with Crippen molar-refractivity contribution < 1.29 is 9.53 Å². The number of carbonyl (C=O) groups excluding carboxylic acids is 1. The number of rotatable bonds is 4. The van der Waals surface area contributed by atoms with Gasteiger partial charge in [-0.15, -0.1) is 0 Å². The van der Waals surface area contributed by atoms with E-state index in [0.717, 1.165) is 18.7 Å². The Balaban J connectivity index is 2.03. The number of aromatic nitrogens is 3. The molecule has 1 aliphatic heterocycles. The lowest BCUT2D eigenvalue weighted by molar-refractivity contribution is -0.134. The largest absolute Gasteiger partial charge is 0.366 e. The second-order valence-corrected chi connectivity index (χ2v) is 4.24. The van der Waals surface area contributed by atoms with Crippen LogP contribution in [0.25, 0.3) is 0 Å². The van der Waals surface area contributed by atoms with Crippen molar-refractivity contribution in [2.75, 3.05) is 19.7 Å². The molecule has 1 saturated heterocycles. The van der Waals surface area contributed by atoms with Crippen LogP contribution in [0.5, 0.6) is 0 Å². The van der Waals surface area contributed by atoms with Gasteiger partial charge in [-0.3, -0.25) is 9.89 Å². The van der Waals surface area contributed by atoms with Crippen molar-refractivity contribution in [1.82, 2.24) is 20.1 Å². The molecule has 2 rings (SSSR count). The number of hydrogen-bond donors (Lipinski definition) is 1. The third kappa shape index (κ3) is 2.76. The average molecular weight is 250 g/mol. The Morgan fingerprint density at radius 3 is 3.28 bits per heavy atom. The van der Waals surface area contributed by atoms with Crippen LogP contribution in [0, 0.1) is 0 Å². The van der Waals surface area contributed by atoms with Crippen molar-refractivity contribution in [1.29, 1.82) is 0 Å². The SMILES string of the molecule is C=CC(=O)N1CCOC(c2n[nH]c(CCC)n2)C1. The van der Waals surface area contributed by atoms with Gasteiger partial charge in [0.2, 0.25) is 5.91 Å². The van der Waals surface area contributed by atoms with Crippen molar-refractivity contribution in [2.45, 2.75) is 25.9 Å². The fourth-order valence-corrected chi connectivity index (χ4v) is 1.94. The molecule has 1 fully saturated rings. The van der Waals surface area contributed by atoms with E-state index in [2.05, 4.69) is 28.7 Å². The first-order chi connectivity index (χ1) is 8.74. The number of nitrogens with zero attached hydrogens (tertiary/aromatic N) is 3. The minimum Gasteiger partial charge on any atom is -0.366 e. The van der Waals surface area contributed by atoms with Crippen LogP contribution in [0.3, 0.4) is 0 Å². The molecular formula is C12H18N4O2. The van der Waals surface area contributed by atoms with Crippen LogP contribution in [0.4, 0.5) is 0 Å². The van der Waals surface area contributed by atoms with Crippen LogP contribution in [-0.4, -0.2) is 45.7 Å². The number of ether oxygens (including phenoxy) is 1. The fraction of sp³-hybridized carbons (Fsp3) is 0.583. The van der Waals surface area contributed by atoms with E-state index in [1.54, 1.807) is 4.90 Å². The Hall–Kier alpha value is -1.69. The van der Waals surface area contributed by atoms with Crippen LogP contribution in [0.1, 0.15) is 31.1 Å². The second-order valence-electron chi connectivity index (χ2n) is 4.24. The summed E-state index contributed by atoms with van der Waals surface area (Å²) >= 11 is 0. The van der Waals surface area contributed by atoms with Gasteiger partial charge in [-0.2, -0.15) is 5.10 Å². The summed E-state index contributed by atoms with van der Waals surface area (Å²) in [5, 5.41) is 7.05. The van der Waals surface area contributed by atoms with Crippen molar-refractivity contribution in [2.24, 2.45) is 0 Å². The first-order valence-electron chi connectivity index (χ1n) is 6.18. The fourth-order valence-electron chi connectivity index (χ4n) is 1.94. The van der Waals surface area contributed by atoms with E-state index >= 15 is 0 Å². The second kappa shape index (κ2) is 5.77. The van der Waals surface area contributed by atoms with Crippen molar-refractivity contribution in [3.8, 4) is 0 Å². The van der Waals surface area contributed by atoms with Gasteiger partial charge in [0, 0.05) is 13.0 Å². The smallest absolute Gasteiger partial charge is 0.246 e. The van der Waals surface area contributed by atoms with Crippen molar-refractivity contribution in [3.05, 3.63) is 24.3 Å². The molecule has 1 aliphatic rings. The van der Waals surface area contributed by atoms with Crippen molar-refractivity contribution in [3.63, 3.8) is 0 Å². The van der Waals surface area contributed by atoms with Gasteiger partial charge in [0.05, 0.1) is 13.2 Å². The Kier molecular flexibility index (Phi) is 4.09. The maximum Gasteiger partial charge on any atom is 0.246 e. The minimum absolute atomic E-state index is 0.0763. The van der Waals surface area contributed by atoms with Crippen LogP contribution in [0.15, 0.2) is 12.7 Å². The molecule has 1 N–H and O–H groups in total. The van der Waals surface area contributed by atoms with Crippen LogP contribution >= 0.6 is 0 Å². The topological polar surface area (TPSA) is 71.1 Å². The molecule has 98 valence electrons. The van der Waals surface area contributed by atoms with E-state index in [0.29, 0.717) is 25.5 Å². The summed E-state index contributed by atoms with van der Waals surface area (Å²) in [4.78, 5) is 17.6. The molecule has 0 radical (unpaired) electrons. The molecule has 6 heteroatoms. The van der Waals surface area contributed by atoms with E-state index < -0.39 is 0 Å². The Morgan fingerprint density at radius 2 is 2.56 bits per heavy atom. The molecule has 0 aromatic carbocycles. The van der Waals surface area contributed by atoms with E-state index in [9.17, 15) is 4.79 Å². The number of aryl methyl sites for hydroxylation is 1. The lowest BCUT2D eigenvalue weighted by Gasteiger charge is -2.30. The molecule has 0 saturated carbocycles. The molecule has 1 unspecified atom stereocenters. The lowest BCUT2D eigenvalue weighted by Crippen LogP contribution is -2.41. The highest BCUT2D eigenvalue weighted by molar-refractivity contribution is 5.87. The van der Waals surface area contributed by atoms with E-state index in [4.69, 9.17) is 4.74 Å². The molecule has 2 heterocycles. The normalized spacial score (nSPS) is 19.8. The molecule has 0 bridgehead atoms. The summed E-state index contributed by atoms with van der Waals surface area (Å²) in [6.45, 7) is 7.15. The predicted molar refractivity (Wildman–Crippen MR) is 65.8 cm³/mol. The van der Waals surface area contributed by atoms with Gasteiger partial charge in [-0.25, -0.2) is 4.98 Å². The summed E-state index contributed by atoms with van der Waals surface area (Å²) in [5.41, 5.74) is 0. The zero-order chi connectivity index (χ0) is 13.0. The molecule has 1 aromatic rings. The third-order valence-corrected chi connectivity index (χ3v) is 2.88. The highest BCUT2D eigenvalue weighted by Crippen LogP contribution is 2.19. The Bertz CT molecular complexity index is 429. The summed E-state index contributed by atoms with van der Waals surface area (Å²) in [5.74, 6) is 1.41. The molecule has 0 spiro atoms. The molecule has 1 amide bonds. The van der Waals surface area contributed by atoms with Gasteiger partial charge in [0.1, 0.15) is 11.9 Å². The van der Waals surface area contributed by atoms with Crippen LogP contribution in [0.2, 0.25) is 0 Å². The zero-order valence-corrected chi connectivity index (χ0v) is 10.6. The summed E-state index contributed by atoms with van der Waals surface area (Å²) in [6, 6.07) is 0. The summed E-state index contributed by atoms with van der Waals surface area (Å²) in [7, 11) is 0. The molecule has 1 aromatic heterocycles. The number of nitrogens with one attached hydrogen (secondary N) is 1. The number of aromatic amines is 1. The Labute approximate surface area is 106 Å². The van der Waals surface area contributed by atoms with E-state index in [1.807, 2.05) is 0 Å². The third-order valence-electron chi connectivity index (χ3n) is 2.88. The molecule has 0 aliphatic carbocycles. The van der Waals surface area contributed by atoms with Gasteiger partial charge < -0.3 is 9.64 Å². The van der Waals surface area contributed by atoms with Crippen molar-refractivity contribution >= 4 is 5.91 Å². The quantitative estimate of drug-likeness (QED) is 0.804. The zero-order valence-electron chi connectivity index (χ0n) is 10.6. The highest BCUT2D eigenvalue weighted by Gasteiger charge is 2.26. The number of H-pyrrole nitrogens is 1. The van der Waals surface area contributed by atoms with E-state index in [1.165, 1.54) is 6.08 Å². The van der Waals surface area contributed by atoms with E-state index in [-0.39, 0.29) is 12.0 Å². The first kappa shape index (κ1) is 12.8. The lowest BCUT2D eigenvalue weighted by atomic mass is 10.2. The Morgan fingerprint density at radius 1 is 1.72 bits per heavy atom. The standard InChI is InChI=1S/C12H18N4O2/c1-3-5-10-13-12(15-14-10)9-8-16(6-7-18-9)11(17)4-2/h4,9H,2-3,5-8H2,1H3,(H,13,14,15).